The van der Waals surface area contributed by atoms with Crippen molar-refractivity contribution in [1.82, 2.24) is 15.1 Å². The third kappa shape index (κ3) is 5.65. The molecule has 1 aromatic heterocycles. The van der Waals surface area contributed by atoms with E-state index < -0.39 is 0 Å². The zero-order valence-electron chi connectivity index (χ0n) is 15.6. The number of carbonyl (C=O) groups is 2. The third-order valence-corrected chi connectivity index (χ3v) is 4.01. The van der Waals surface area contributed by atoms with Crippen LogP contribution in [0.3, 0.4) is 0 Å². The fraction of sp³-hybridized carbons (Fsp3) is 0.400. The number of furan rings is 1. The van der Waals surface area contributed by atoms with Crippen LogP contribution in [0.25, 0.3) is 0 Å². The first kappa shape index (κ1) is 19.6. The summed E-state index contributed by atoms with van der Waals surface area (Å²) in [5, 5.41) is 2.76. The van der Waals surface area contributed by atoms with E-state index in [-0.39, 0.29) is 24.5 Å². The Labute approximate surface area is 154 Å². The Kier molecular flexibility index (Phi) is 7.26. The highest BCUT2D eigenvalue weighted by Crippen LogP contribution is 2.12. The smallest absolute Gasteiger partial charge is 0.318 e. The van der Waals surface area contributed by atoms with E-state index in [0.717, 1.165) is 5.56 Å². The molecule has 0 atom stereocenters. The van der Waals surface area contributed by atoms with Crippen LogP contribution in [0, 0.1) is 0 Å². The van der Waals surface area contributed by atoms with Crippen LogP contribution in [-0.2, 0) is 17.9 Å². The number of nitrogens with zero attached hydrogens (tertiary/aromatic N) is 2. The largest absolute Gasteiger partial charge is 0.467 e. The van der Waals surface area contributed by atoms with E-state index in [4.69, 9.17) is 4.42 Å². The van der Waals surface area contributed by atoms with Crippen LogP contribution in [0.15, 0.2) is 53.1 Å². The highest BCUT2D eigenvalue weighted by Gasteiger charge is 2.24. The normalized spacial score (nSPS) is 10.6. The molecule has 0 aliphatic rings. The number of benzene rings is 1. The van der Waals surface area contributed by atoms with Gasteiger partial charge in [0.25, 0.3) is 0 Å². The van der Waals surface area contributed by atoms with Gasteiger partial charge in [-0.25, -0.2) is 4.79 Å². The number of urea groups is 1. The molecule has 0 unspecified atom stereocenters. The fourth-order valence-corrected chi connectivity index (χ4v) is 2.61. The van der Waals surface area contributed by atoms with Crippen molar-refractivity contribution in [2.24, 2.45) is 0 Å². The molecule has 26 heavy (non-hydrogen) atoms. The summed E-state index contributed by atoms with van der Waals surface area (Å²) in [6.45, 7) is 7.03. The van der Waals surface area contributed by atoms with E-state index in [0.29, 0.717) is 25.4 Å². The second kappa shape index (κ2) is 9.65. The van der Waals surface area contributed by atoms with Gasteiger partial charge in [0, 0.05) is 19.1 Å². The number of hydrogen-bond acceptors (Lipinski definition) is 3. The lowest BCUT2D eigenvalue weighted by Crippen LogP contribution is -2.49. The molecule has 0 fully saturated rings. The SMILES string of the molecule is CCNC(=O)N(CC(=O)N(Cc1ccccc1)Cc1ccco1)C(C)C. The van der Waals surface area contributed by atoms with Crippen LogP contribution in [-0.4, -0.2) is 40.9 Å². The van der Waals surface area contributed by atoms with Crippen molar-refractivity contribution >= 4 is 11.9 Å². The van der Waals surface area contributed by atoms with Crippen LogP contribution in [0.4, 0.5) is 4.79 Å². The Morgan fingerprint density at radius 3 is 2.38 bits per heavy atom. The predicted octanol–water partition coefficient (Wildman–Crippen LogP) is 3.25. The molecule has 0 aliphatic heterocycles. The van der Waals surface area contributed by atoms with E-state index in [9.17, 15) is 9.59 Å². The molecule has 0 aliphatic carbocycles. The Bertz CT molecular complexity index is 684. The average Bonchev–Trinajstić information content (AvgIpc) is 3.12. The molecular weight excluding hydrogens is 330 g/mol. The molecule has 1 N–H and O–H groups in total. The summed E-state index contributed by atoms with van der Waals surface area (Å²) in [6.07, 6.45) is 1.59. The Morgan fingerprint density at radius 2 is 1.81 bits per heavy atom. The number of hydrogen-bond donors (Lipinski definition) is 1. The minimum absolute atomic E-state index is 0.0248. The van der Waals surface area contributed by atoms with Crippen molar-refractivity contribution < 1.29 is 14.0 Å². The van der Waals surface area contributed by atoms with Gasteiger partial charge < -0.3 is 19.5 Å². The lowest BCUT2D eigenvalue weighted by Gasteiger charge is -2.29. The van der Waals surface area contributed by atoms with Gasteiger partial charge >= 0.3 is 6.03 Å². The molecule has 6 heteroatoms. The molecule has 2 rings (SSSR count). The fourth-order valence-electron chi connectivity index (χ4n) is 2.61. The monoisotopic (exact) mass is 357 g/mol. The summed E-state index contributed by atoms with van der Waals surface area (Å²) in [5.74, 6) is 0.591. The molecule has 0 bridgehead atoms. The van der Waals surface area contributed by atoms with Gasteiger partial charge in [-0.1, -0.05) is 30.3 Å². The molecule has 1 heterocycles. The summed E-state index contributed by atoms with van der Waals surface area (Å²) in [7, 11) is 0. The molecular formula is C20H27N3O3. The summed E-state index contributed by atoms with van der Waals surface area (Å²) >= 11 is 0. The Hall–Kier alpha value is -2.76. The minimum Gasteiger partial charge on any atom is -0.467 e. The number of amides is 3. The van der Waals surface area contributed by atoms with Gasteiger partial charge in [-0.05, 0) is 38.5 Å². The van der Waals surface area contributed by atoms with E-state index in [2.05, 4.69) is 5.32 Å². The van der Waals surface area contributed by atoms with E-state index in [1.807, 2.05) is 57.2 Å². The summed E-state index contributed by atoms with van der Waals surface area (Å²) < 4.78 is 5.40. The van der Waals surface area contributed by atoms with Crippen LogP contribution in [0.5, 0.6) is 0 Å². The second-order valence-electron chi connectivity index (χ2n) is 6.37. The predicted molar refractivity (Wildman–Crippen MR) is 100 cm³/mol. The average molecular weight is 357 g/mol. The molecule has 140 valence electrons. The Morgan fingerprint density at radius 1 is 1.08 bits per heavy atom. The molecule has 0 spiro atoms. The molecule has 3 amide bonds. The van der Waals surface area contributed by atoms with Crippen molar-refractivity contribution in [3.05, 3.63) is 60.1 Å². The zero-order chi connectivity index (χ0) is 18.9. The number of rotatable bonds is 8. The first-order chi connectivity index (χ1) is 12.5. The highest BCUT2D eigenvalue weighted by atomic mass is 16.3. The standard InChI is InChI=1S/C20H27N3O3/c1-4-21-20(25)23(16(2)3)15-19(24)22(14-18-11-8-12-26-18)13-17-9-6-5-7-10-17/h5-12,16H,4,13-15H2,1-3H3,(H,21,25). The minimum atomic E-state index is -0.228. The molecule has 0 saturated carbocycles. The van der Waals surface area contributed by atoms with Crippen LogP contribution < -0.4 is 5.32 Å². The summed E-state index contributed by atoms with van der Waals surface area (Å²) in [4.78, 5) is 28.5. The summed E-state index contributed by atoms with van der Waals surface area (Å²) in [5.41, 5.74) is 1.03. The maximum absolute atomic E-state index is 13.0. The number of nitrogens with one attached hydrogen (secondary N) is 1. The first-order valence-corrected chi connectivity index (χ1v) is 8.89. The molecule has 1 aromatic carbocycles. The van der Waals surface area contributed by atoms with Crippen LogP contribution in [0.2, 0.25) is 0 Å². The van der Waals surface area contributed by atoms with Crippen molar-refractivity contribution in [2.75, 3.05) is 13.1 Å². The topological polar surface area (TPSA) is 65.8 Å². The lowest BCUT2D eigenvalue weighted by atomic mass is 10.2. The van der Waals surface area contributed by atoms with Crippen molar-refractivity contribution in [1.29, 1.82) is 0 Å². The first-order valence-electron chi connectivity index (χ1n) is 8.89. The quantitative estimate of drug-likeness (QED) is 0.789. The van der Waals surface area contributed by atoms with Crippen LogP contribution >= 0.6 is 0 Å². The number of carbonyl (C=O) groups excluding carboxylic acids is 2. The van der Waals surface area contributed by atoms with Gasteiger partial charge in [0.2, 0.25) is 5.91 Å². The van der Waals surface area contributed by atoms with Gasteiger partial charge in [0.05, 0.1) is 12.8 Å². The zero-order valence-corrected chi connectivity index (χ0v) is 15.6. The molecule has 0 radical (unpaired) electrons. The van der Waals surface area contributed by atoms with Crippen molar-refractivity contribution in [3.63, 3.8) is 0 Å². The van der Waals surface area contributed by atoms with Crippen molar-refractivity contribution in [3.8, 4) is 0 Å². The van der Waals surface area contributed by atoms with Gasteiger partial charge in [-0.3, -0.25) is 4.79 Å². The van der Waals surface area contributed by atoms with E-state index in [1.54, 1.807) is 22.1 Å². The Balaban J connectivity index is 2.14. The van der Waals surface area contributed by atoms with Gasteiger partial charge in [-0.15, -0.1) is 0 Å². The maximum Gasteiger partial charge on any atom is 0.318 e. The maximum atomic E-state index is 13.0. The second-order valence-corrected chi connectivity index (χ2v) is 6.37. The van der Waals surface area contributed by atoms with Crippen LogP contribution in [0.1, 0.15) is 32.1 Å². The van der Waals surface area contributed by atoms with Gasteiger partial charge in [-0.2, -0.15) is 0 Å². The van der Waals surface area contributed by atoms with E-state index >= 15 is 0 Å². The lowest BCUT2D eigenvalue weighted by molar-refractivity contribution is -0.133. The molecule has 6 nitrogen and oxygen atoms in total. The van der Waals surface area contributed by atoms with Crippen molar-refractivity contribution in [2.45, 2.75) is 39.9 Å². The third-order valence-electron chi connectivity index (χ3n) is 4.01. The van der Waals surface area contributed by atoms with Gasteiger partial charge in [0.1, 0.15) is 12.3 Å². The highest BCUT2D eigenvalue weighted by molar-refractivity contribution is 5.84. The van der Waals surface area contributed by atoms with Gasteiger partial charge in [0.15, 0.2) is 0 Å². The summed E-state index contributed by atoms with van der Waals surface area (Å²) in [6, 6.07) is 13.1. The van der Waals surface area contributed by atoms with E-state index in [1.165, 1.54) is 0 Å². The molecule has 2 aromatic rings. The molecule has 0 saturated heterocycles.